The number of aliphatic hydroxyl groups is 1. The first-order valence-electron chi connectivity index (χ1n) is 11.3. The third-order valence-corrected chi connectivity index (χ3v) is 7.28. The van der Waals surface area contributed by atoms with Crippen LogP contribution < -0.4 is 4.90 Å². The molecular weight excluding hydrogens is 456 g/mol. The number of benzene rings is 3. The van der Waals surface area contributed by atoms with Crippen LogP contribution in [-0.2, 0) is 4.79 Å². The smallest absolute Gasteiger partial charge is 0.294 e. The Kier molecular flexibility index (Phi) is 5.83. The summed E-state index contributed by atoms with van der Waals surface area (Å²) in [6, 6.07) is 24.1. The molecule has 0 fully saturated rings. The topological polar surface area (TPSA) is 70.5 Å². The molecule has 174 valence electrons. The van der Waals surface area contributed by atoms with E-state index in [1.165, 1.54) is 16.2 Å². The number of rotatable bonds is 5. The van der Waals surface area contributed by atoms with E-state index >= 15 is 0 Å². The van der Waals surface area contributed by atoms with Crippen molar-refractivity contribution in [1.82, 2.24) is 4.98 Å². The van der Waals surface area contributed by atoms with Crippen LogP contribution in [0, 0.1) is 20.8 Å². The maximum absolute atomic E-state index is 13.9. The second-order valence-electron chi connectivity index (χ2n) is 8.73. The van der Waals surface area contributed by atoms with Gasteiger partial charge in [-0.2, -0.15) is 0 Å². The maximum atomic E-state index is 13.9. The minimum atomic E-state index is -0.751. The quantitative estimate of drug-likeness (QED) is 0.330. The second-order valence-corrected chi connectivity index (χ2v) is 9.72. The van der Waals surface area contributed by atoms with Crippen LogP contribution in [0.25, 0.3) is 10.6 Å². The molecule has 1 aromatic heterocycles. The molecule has 4 aromatic rings. The van der Waals surface area contributed by atoms with Crippen molar-refractivity contribution in [2.45, 2.75) is 26.8 Å². The van der Waals surface area contributed by atoms with Gasteiger partial charge in [-0.3, -0.25) is 14.5 Å². The molecule has 35 heavy (non-hydrogen) atoms. The summed E-state index contributed by atoms with van der Waals surface area (Å²) in [4.78, 5) is 33.9. The molecule has 0 saturated heterocycles. The molecule has 1 aliphatic heterocycles. The number of aromatic nitrogens is 1. The Bertz CT molecular complexity index is 1450. The minimum Gasteiger partial charge on any atom is -0.503 e. The maximum Gasteiger partial charge on any atom is 0.294 e. The van der Waals surface area contributed by atoms with Gasteiger partial charge >= 0.3 is 0 Å². The van der Waals surface area contributed by atoms with Crippen LogP contribution in [0.4, 0.5) is 5.69 Å². The largest absolute Gasteiger partial charge is 0.503 e. The van der Waals surface area contributed by atoms with Gasteiger partial charge in [0.05, 0.1) is 22.2 Å². The molecule has 0 aliphatic carbocycles. The predicted molar refractivity (Wildman–Crippen MR) is 139 cm³/mol. The van der Waals surface area contributed by atoms with Crippen molar-refractivity contribution in [3.63, 3.8) is 0 Å². The Hall–Kier alpha value is -4.03. The van der Waals surface area contributed by atoms with E-state index in [1.807, 2.05) is 92.7 Å². The van der Waals surface area contributed by atoms with Crippen LogP contribution in [0.5, 0.6) is 0 Å². The lowest BCUT2D eigenvalue weighted by atomic mass is 9.94. The van der Waals surface area contributed by atoms with Crippen molar-refractivity contribution >= 4 is 28.7 Å². The zero-order valence-electron chi connectivity index (χ0n) is 19.6. The van der Waals surface area contributed by atoms with Crippen LogP contribution in [0.3, 0.4) is 0 Å². The molecule has 1 atom stereocenters. The summed E-state index contributed by atoms with van der Waals surface area (Å²) in [5, 5.41) is 11.8. The van der Waals surface area contributed by atoms with Gasteiger partial charge in [0.25, 0.3) is 5.91 Å². The van der Waals surface area contributed by atoms with Crippen molar-refractivity contribution in [3.8, 4) is 10.6 Å². The molecule has 1 amide bonds. The summed E-state index contributed by atoms with van der Waals surface area (Å²) in [6.45, 7) is 5.70. The van der Waals surface area contributed by atoms with Gasteiger partial charge in [-0.1, -0.05) is 66.7 Å². The molecule has 1 N–H and O–H groups in total. The highest BCUT2D eigenvalue weighted by Gasteiger charge is 2.45. The fraction of sp³-hybridized carbons (Fsp3) is 0.138. The molecule has 1 unspecified atom stereocenters. The van der Waals surface area contributed by atoms with Crippen LogP contribution in [0.2, 0.25) is 0 Å². The normalized spacial score (nSPS) is 15.7. The number of amides is 1. The second kappa shape index (κ2) is 8.96. The molecule has 6 heteroatoms. The Balaban J connectivity index is 1.64. The van der Waals surface area contributed by atoms with Gasteiger partial charge in [-0.25, -0.2) is 4.98 Å². The molecule has 1 aliphatic rings. The molecule has 3 aromatic carbocycles. The van der Waals surface area contributed by atoms with Crippen LogP contribution >= 0.6 is 11.3 Å². The highest BCUT2D eigenvalue weighted by Crippen LogP contribution is 2.43. The van der Waals surface area contributed by atoms with Gasteiger partial charge in [0.2, 0.25) is 5.78 Å². The molecular formula is C29H24N2O3S. The van der Waals surface area contributed by atoms with Crippen molar-refractivity contribution < 1.29 is 14.7 Å². The molecule has 0 saturated carbocycles. The summed E-state index contributed by atoms with van der Waals surface area (Å²) in [5.74, 6) is -1.48. The van der Waals surface area contributed by atoms with E-state index in [0.29, 0.717) is 16.3 Å². The lowest BCUT2D eigenvalue weighted by molar-refractivity contribution is -0.117. The predicted octanol–water partition coefficient (Wildman–Crippen LogP) is 6.52. The Morgan fingerprint density at radius 1 is 0.914 bits per heavy atom. The Morgan fingerprint density at radius 2 is 1.51 bits per heavy atom. The lowest BCUT2D eigenvalue weighted by Crippen LogP contribution is -2.31. The zero-order chi connectivity index (χ0) is 24.7. The molecule has 5 nitrogen and oxygen atoms in total. The highest BCUT2D eigenvalue weighted by atomic mass is 32.1. The first-order valence-corrected chi connectivity index (χ1v) is 12.1. The molecule has 0 spiro atoms. The van der Waals surface area contributed by atoms with E-state index in [9.17, 15) is 14.7 Å². The van der Waals surface area contributed by atoms with Gasteiger partial charge in [-0.15, -0.1) is 11.3 Å². The summed E-state index contributed by atoms with van der Waals surface area (Å²) in [7, 11) is 0. The Morgan fingerprint density at radius 3 is 2.14 bits per heavy atom. The third kappa shape index (κ3) is 4.06. The van der Waals surface area contributed by atoms with Gasteiger partial charge in [0, 0.05) is 11.3 Å². The first kappa shape index (κ1) is 22.7. The summed E-state index contributed by atoms with van der Waals surface area (Å²) >= 11 is 1.27. The van der Waals surface area contributed by atoms with Gasteiger partial charge in [0.1, 0.15) is 5.01 Å². The van der Waals surface area contributed by atoms with E-state index in [4.69, 9.17) is 0 Å². The monoisotopic (exact) mass is 480 g/mol. The first-order chi connectivity index (χ1) is 16.8. The van der Waals surface area contributed by atoms with E-state index in [-0.39, 0.29) is 11.4 Å². The van der Waals surface area contributed by atoms with Crippen molar-refractivity contribution in [2.24, 2.45) is 0 Å². The molecule has 0 radical (unpaired) electrons. The number of thiazole rings is 1. The number of carbonyl (C=O) groups is 2. The average Bonchev–Trinajstić information content (AvgIpc) is 3.36. The summed E-state index contributed by atoms with van der Waals surface area (Å²) in [5.41, 5.74) is 4.93. The third-order valence-electron chi connectivity index (χ3n) is 6.08. The molecule has 0 bridgehead atoms. The van der Waals surface area contributed by atoms with E-state index in [2.05, 4.69) is 4.98 Å². The number of aryl methyl sites for hydroxylation is 3. The fourth-order valence-electron chi connectivity index (χ4n) is 4.58. The summed E-state index contributed by atoms with van der Waals surface area (Å²) < 4.78 is 0. The van der Waals surface area contributed by atoms with Crippen molar-refractivity contribution in [1.29, 1.82) is 0 Å². The van der Waals surface area contributed by atoms with Crippen LogP contribution in [0.15, 0.2) is 90.2 Å². The van der Waals surface area contributed by atoms with E-state index < -0.39 is 17.7 Å². The number of nitrogens with zero attached hydrogens (tertiary/aromatic N) is 2. The van der Waals surface area contributed by atoms with E-state index in [1.54, 1.807) is 6.92 Å². The lowest BCUT2D eigenvalue weighted by Gasteiger charge is -2.27. The summed E-state index contributed by atoms with van der Waals surface area (Å²) in [6.07, 6.45) is 0. The zero-order valence-corrected chi connectivity index (χ0v) is 20.5. The van der Waals surface area contributed by atoms with Gasteiger partial charge < -0.3 is 5.11 Å². The standard InChI is InChI=1S/C29H24N2O3S/c1-17-14-18(2)16-22(15-17)31-24(20-10-6-4-7-11-20)23(26(33)29(31)34)25(32)27-19(3)30-28(35-27)21-12-8-5-9-13-21/h4-16,24,33H,1-3H3. The minimum absolute atomic E-state index is 0.0757. The number of hydrogen-bond acceptors (Lipinski definition) is 5. The van der Waals surface area contributed by atoms with Gasteiger partial charge in [0.15, 0.2) is 5.76 Å². The number of ketones is 1. The van der Waals surface area contributed by atoms with Crippen LogP contribution in [0.1, 0.15) is 38.1 Å². The van der Waals surface area contributed by atoms with Crippen LogP contribution in [-0.4, -0.2) is 21.8 Å². The van der Waals surface area contributed by atoms with Gasteiger partial charge in [-0.05, 0) is 49.6 Å². The number of anilines is 1. The fourth-order valence-corrected chi connectivity index (χ4v) is 5.60. The number of hydrogen-bond donors (Lipinski definition) is 1. The number of carbonyl (C=O) groups excluding carboxylic acids is 2. The molecule has 5 rings (SSSR count). The number of aliphatic hydroxyl groups excluding tert-OH is 1. The molecule has 2 heterocycles. The van der Waals surface area contributed by atoms with E-state index in [0.717, 1.165) is 27.3 Å². The average molecular weight is 481 g/mol. The van der Waals surface area contributed by atoms with Crippen molar-refractivity contribution in [3.05, 3.63) is 117 Å². The Labute approximate surface area is 208 Å². The van der Waals surface area contributed by atoms with Crippen molar-refractivity contribution in [2.75, 3.05) is 4.90 Å². The number of Topliss-reactive ketones (excluding diaryl/α,β-unsaturated/α-hetero) is 1. The highest BCUT2D eigenvalue weighted by molar-refractivity contribution is 7.17. The SMILES string of the molecule is Cc1cc(C)cc(N2C(=O)C(O)=C(C(=O)c3sc(-c4ccccc4)nc3C)C2c2ccccc2)c1.